The Morgan fingerprint density at radius 2 is 1.97 bits per heavy atom. The average molecular weight is 421 g/mol. The van der Waals surface area contributed by atoms with Crippen molar-refractivity contribution in [1.29, 1.82) is 0 Å². The number of ether oxygens (including phenoxy) is 1. The molecule has 1 aromatic heterocycles. The number of para-hydroxylation sites is 1. The van der Waals surface area contributed by atoms with Crippen molar-refractivity contribution in [1.82, 2.24) is 9.55 Å². The number of hydrogen-bond acceptors (Lipinski definition) is 4. The number of carbonyl (C=O) groups is 1. The molecule has 0 radical (unpaired) electrons. The van der Waals surface area contributed by atoms with Gasteiger partial charge in [0.05, 0.1) is 11.4 Å². The van der Waals surface area contributed by atoms with Crippen molar-refractivity contribution < 1.29 is 9.53 Å². The Morgan fingerprint density at radius 3 is 2.68 bits per heavy atom. The van der Waals surface area contributed by atoms with Crippen molar-refractivity contribution >= 4 is 17.5 Å². The van der Waals surface area contributed by atoms with E-state index in [4.69, 9.17) is 4.74 Å². The number of nitrogens with one attached hydrogen (secondary N) is 2. The third-order valence-corrected chi connectivity index (χ3v) is 5.24. The maximum atomic E-state index is 12.7. The van der Waals surface area contributed by atoms with Crippen LogP contribution in [0.3, 0.4) is 0 Å². The minimum Gasteiger partial charge on any atom is -0.443 e. The molecule has 0 spiro atoms. The second-order valence-electron chi connectivity index (χ2n) is 8.78. The van der Waals surface area contributed by atoms with Crippen LogP contribution in [0.2, 0.25) is 0 Å². The summed E-state index contributed by atoms with van der Waals surface area (Å²) in [4.78, 5) is 29.3. The second-order valence-corrected chi connectivity index (χ2v) is 8.78. The maximum Gasteiger partial charge on any atom is 0.414 e. The van der Waals surface area contributed by atoms with Gasteiger partial charge in [-0.15, -0.1) is 0 Å². The van der Waals surface area contributed by atoms with Gasteiger partial charge in [-0.25, -0.2) is 9.59 Å². The van der Waals surface area contributed by atoms with Crippen LogP contribution in [0, 0.1) is 6.92 Å². The highest BCUT2D eigenvalue weighted by molar-refractivity contribution is 5.91. The Labute approximate surface area is 181 Å². The molecule has 0 saturated heterocycles. The molecule has 31 heavy (non-hydrogen) atoms. The van der Waals surface area contributed by atoms with Gasteiger partial charge in [0.2, 0.25) is 0 Å². The molecule has 3 aromatic rings. The number of imidazole rings is 1. The first-order valence-corrected chi connectivity index (χ1v) is 10.5. The molecule has 7 nitrogen and oxygen atoms in total. The molecule has 1 aliphatic rings. The van der Waals surface area contributed by atoms with Gasteiger partial charge in [0.25, 0.3) is 0 Å². The summed E-state index contributed by atoms with van der Waals surface area (Å²) in [5.74, 6) is 0. The van der Waals surface area contributed by atoms with Gasteiger partial charge in [0.1, 0.15) is 5.60 Å². The standard InChI is InChI=1S/C24H28N4O3/c1-16-14-26-22(29)28(16)20-10-6-9-19(13-20)25-15-18-8-5-7-17-11-12-27(21(17)18)23(30)31-24(2,3)4/h5-10,13-14,25H,11-12,15H2,1-4H3,(H,26,29). The van der Waals surface area contributed by atoms with Crippen LogP contribution < -0.4 is 15.9 Å². The molecule has 1 aliphatic heterocycles. The van der Waals surface area contributed by atoms with Gasteiger partial charge < -0.3 is 15.0 Å². The summed E-state index contributed by atoms with van der Waals surface area (Å²) in [6, 6.07) is 13.8. The van der Waals surface area contributed by atoms with Gasteiger partial charge in [-0.1, -0.05) is 24.3 Å². The highest BCUT2D eigenvalue weighted by Crippen LogP contribution is 2.33. The summed E-state index contributed by atoms with van der Waals surface area (Å²) in [7, 11) is 0. The van der Waals surface area contributed by atoms with Crippen molar-refractivity contribution in [2.75, 3.05) is 16.8 Å². The van der Waals surface area contributed by atoms with E-state index in [-0.39, 0.29) is 11.8 Å². The van der Waals surface area contributed by atoms with E-state index in [1.807, 2.05) is 64.1 Å². The Balaban J connectivity index is 1.56. The van der Waals surface area contributed by atoms with Gasteiger partial charge in [-0.05, 0) is 63.4 Å². The number of aromatic amines is 1. The molecule has 4 rings (SSSR count). The van der Waals surface area contributed by atoms with E-state index in [1.54, 1.807) is 15.7 Å². The molecule has 0 bridgehead atoms. The third kappa shape index (κ3) is 4.35. The lowest BCUT2D eigenvalue weighted by atomic mass is 10.1. The summed E-state index contributed by atoms with van der Waals surface area (Å²) in [6.07, 6.45) is 2.19. The second kappa shape index (κ2) is 7.98. The van der Waals surface area contributed by atoms with E-state index in [9.17, 15) is 9.59 Å². The van der Waals surface area contributed by atoms with Crippen LogP contribution >= 0.6 is 0 Å². The molecule has 0 atom stereocenters. The van der Waals surface area contributed by atoms with Crippen molar-refractivity contribution in [2.45, 2.75) is 46.3 Å². The van der Waals surface area contributed by atoms with E-state index >= 15 is 0 Å². The van der Waals surface area contributed by atoms with Crippen LogP contribution in [0.1, 0.15) is 37.6 Å². The van der Waals surface area contributed by atoms with Gasteiger partial charge in [-0.2, -0.15) is 0 Å². The predicted molar refractivity (Wildman–Crippen MR) is 122 cm³/mol. The summed E-state index contributed by atoms with van der Waals surface area (Å²) in [5, 5.41) is 3.44. The maximum absolute atomic E-state index is 12.7. The number of benzene rings is 2. The number of fused-ring (bicyclic) bond motifs is 1. The predicted octanol–water partition coefficient (Wildman–Crippen LogP) is 4.38. The Morgan fingerprint density at radius 1 is 1.19 bits per heavy atom. The lowest BCUT2D eigenvalue weighted by Gasteiger charge is -2.26. The van der Waals surface area contributed by atoms with E-state index < -0.39 is 5.60 Å². The molecule has 0 aliphatic carbocycles. The van der Waals surface area contributed by atoms with Gasteiger partial charge in [0.15, 0.2) is 0 Å². The first kappa shape index (κ1) is 20.8. The Bertz CT molecular complexity index is 1170. The zero-order valence-corrected chi connectivity index (χ0v) is 18.4. The summed E-state index contributed by atoms with van der Waals surface area (Å²) in [6.45, 7) is 8.68. The number of rotatable bonds is 4. The average Bonchev–Trinajstić information content (AvgIpc) is 3.29. The molecule has 2 aromatic carbocycles. The van der Waals surface area contributed by atoms with Crippen molar-refractivity contribution in [3.05, 3.63) is 76.0 Å². The number of anilines is 2. The number of carbonyl (C=O) groups excluding carboxylic acids is 1. The molecule has 1 amide bonds. The van der Waals surface area contributed by atoms with Crippen molar-refractivity contribution in [3.8, 4) is 5.69 Å². The zero-order valence-electron chi connectivity index (χ0n) is 18.4. The fourth-order valence-corrected chi connectivity index (χ4v) is 3.91. The SMILES string of the molecule is Cc1c[nH]c(=O)n1-c1cccc(NCc2cccc3c2N(C(=O)OC(C)(C)C)CC3)c1. The van der Waals surface area contributed by atoms with Crippen LogP contribution in [-0.4, -0.2) is 27.8 Å². The highest BCUT2D eigenvalue weighted by Gasteiger charge is 2.30. The Hall–Kier alpha value is -3.48. The quantitative estimate of drug-likeness (QED) is 0.656. The molecule has 162 valence electrons. The minimum absolute atomic E-state index is 0.163. The van der Waals surface area contributed by atoms with E-state index in [1.165, 1.54) is 0 Å². The summed E-state index contributed by atoms with van der Waals surface area (Å²) < 4.78 is 7.24. The first-order chi connectivity index (χ1) is 14.7. The highest BCUT2D eigenvalue weighted by atomic mass is 16.6. The zero-order chi connectivity index (χ0) is 22.2. The topological polar surface area (TPSA) is 79.4 Å². The number of aromatic nitrogens is 2. The summed E-state index contributed by atoms with van der Waals surface area (Å²) >= 11 is 0. The fraction of sp³-hybridized carbons (Fsp3) is 0.333. The van der Waals surface area contributed by atoms with E-state index in [0.717, 1.165) is 40.3 Å². The smallest absolute Gasteiger partial charge is 0.414 e. The summed E-state index contributed by atoms with van der Waals surface area (Å²) in [5.41, 5.74) is 4.93. The largest absolute Gasteiger partial charge is 0.443 e. The van der Waals surface area contributed by atoms with Crippen molar-refractivity contribution in [2.24, 2.45) is 0 Å². The number of amides is 1. The normalized spacial score (nSPS) is 13.2. The van der Waals surface area contributed by atoms with Crippen LogP contribution in [0.15, 0.2) is 53.5 Å². The molecule has 2 N–H and O–H groups in total. The monoisotopic (exact) mass is 420 g/mol. The fourth-order valence-electron chi connectivity index (χ4n) is 3.91. The minimum atomic E-state index is -0.540. The molecule has 2 heterocycles. The number of aryl methyl sites for hydroxylation is 1. The van der Waals surface area contributed by atoms with Crippen molar-refractivity contribution in [3.63, 3.8) is 0 Å². The third-order valence-electron chi connectivity index (χ3n) is 5.24. The first-order valence-electron chi connectivity index (χ1n) is 10.5. The van der Waals surface area contributed by atoms with Gasteiger partial charge in [-0.3, -0.25) is 9.47 Å². The molecule has 0 unspecified atom stereocenters. The van der Waals surface area contributed by atoms with Gasteiger partial charge in [0, 0.05) is 30.7 Å². The van der Waals surface area contributed by atoms with E-state index in [0.29, 0.717) is 13.1 Å². The molecule has 0 saturated carbocycles. The Kier molecular flexibility index (Phi) is 5.35. The molecular formula is C24H28N4O3. The lowest BCUT2D eigenvalue weighted by molar-refractivity contribution is 0.0583. The lowest BCUT2D eigenvalue weighted by Crippen LogP contribution is -2.36. The van der Waals surface area contributed by atoms with Crippen LogP contribution in [0.25, 0.3) is 5.69 Å². The van der Waals surface area contributed by atoms with Crippen LogP contribution in [-0.2, 0) is 17.7 Å². The van der Waals surface area contributed by atoms with Gasteiger partial charge >= 0.3 is 11.8 Å². The number of nitrogens with zero attached hydrogens (tertiary/aromatic N) is 2. The van der Waals surface area contributed by atoms with Crippen LogP contribution in [0.4, 0.5) is 16.2 Å². The van der Waals surface area contributed by atoms with E-state index in [2.05, 4.69) is 16.4 Å². The molecule has 7 heteroatoms. The molecular weight excluding hydrogens is 392 g/mol. The van der Waals surface area contributed by atoms with Crippen LogP contribution in [0.5, 0.6) is 0 Å². The number of hydrogen-bond donors (Lipinski definition) is 2. The molecule has 0 fully saturated rings. The number of H-pyrrole nitrogens is 1.